The smallest absolute Gasteiger partial charge is 0.132 e. The molecule has 0 aromatic rings. The van der Waals surface area contributed by atoms with Crippen LogP contribution in [0.5, 0.6) is 0 Å². The van der Waals surface area contributed by atoms with Crippen LogP contribution in [-0.4, -0.2) is 5.94 Å². The van der Waals surface area contributed by atoms with Gasteiger partial charge in [0.25, 0.3) is 0 Å². The fourth-order valence-corrected chi connectivity index (χ4v) is 0.442. The molecular weight excluding hydrogens is 194 g/mol. The van der Waals surface area contributed by atoms with Crippen LogP contribution in [-0.2, 0) is 25.2 Å². The Hall–Kier alpha value is -0.408. The van der Waals surface area contributed by atoms with Crippen LogP contribution in [0.1, 0.15) is 0 Å². The maximum atomic E-state index is 9.74. The molecule has 44 valence electrons. The summed E-state index contributed by atoms with van der Waals surface area (Å²) >= 11 is 0. The molecule has 0 atom stereocenters. The molecule has 0 N–H and O–H groups in total. The van der Waals surface area contributed by atoms with Crippen LogP contribution in [0, 0.1) is 0 Å². The third kappa shape index (κ3) is 1.60. The van der Waals surface area contributed by atoms with Crippen molar-refractivity contribution >= 4 is 5.94 Å². The fraction of sp³-hybridized carbons (Fsp3) is 0. The van der Waals surface area contributed by atoms with Gasteiger partial charge in [0, 0.05) is 20.4 Å². The summed E-state index contributed by atoms with van der Waals surface area (Å²) < 4.78 is 0. The molecule has 0 aromatic heterocycles. The molecule has 0 saturated carbocycles. The van der Waals surface area contributed by atoms with Crippen LogP contribution < -0.4 is 0 Å². The van der Waals surface area contributed by atoms with Gasteiger partial charge in [-0.2, -0.15) is 0 Å². The summed E-state index contributed by atoms with van der Waals surface area (Å²) in [7, 11) is 0. The van der Waals surface area contributed by atoms with Gasteiger partial charge < -0.3 is 0 Å². The van der Waals surface area contributed by atoms with Crippen molar-refractivity contribution in [1.29, 1.82) is 0 Å². The summed E-state index contributed by atoms with van der Waals surface area (Å²) in [6.45, 7) is 0. The summed E-state index contributed by atoms with van der Waals surface area (Å²) in [6, 6.07) is 0. The van der Waals surface area contributed by atoms with Gasteiger partial charge in [0.1, 0.15) is 5.94 Å². The molecule has 0 heterocycles. The second kappa shape index (κ2) is 3.58. The number of carbonyl (C=O) groups excluding carboxylic acids is 1. The molecule has 2 heteroatoms. The van der Waals surface area contributed by atoms with Crippen LogP contribution in [0.15, 0.2) is 29.9 Å². The average molecular weight is 199 g/mol. The summed E-state index contributed by atoms with van der Waals surface area (Å²) in [5.41, 5.74) is 0.625. The molecule has 0 spiro atoms. The first-order valence-electron chi connectivity index (χ1n) is 2.03. The van der Waals surface area contributed by atoms with Crippen molar-refractivity contribution in [3.63, 3.8) is 0 Å². The first-order valence-corrected chi connectivity index (χ1v) is 2.03. The third-order valence-electron chi connectivity index (χ3n) is 0.781. The van der Waals surface area contributed by atoms with E-state index >= 15 is 0 Å². The van der Waals surface area contributed by atoms with Crippen LogP contribution >= 0.6 is 0 Å². The van der Waals surface area contributed by atoms with Gasteiger partial charge in [-0.3, -0.25) is 0 Å². The Morgan fingerprint density at radius 1 is 1.25 bits per heavy atom. The molecule has 1 aliphatic rings. The Kier molecular flexibility index (Phi) is 3.39. The van der Waals surface area contributed by atoms with Gasteiger partial charge in [0.05, 0.1) is 5.57 Å². The second-order valence-electron chi connectivity index (χ2n) is 1.28. The maximum Gasteiger partial charge on any atom is 0.132 e. The molecule has 0 fully saturated rings. The normalized spacial score (nSPS) is 13.2. The van der Waals surface area contributed by atoms with Crippen LogP contribution in [0.4, 0.5) is 0 Å². The molecule has 1 nitrogen and oxygen atoms in total. The van der Waals surface area contributed by atoms with Gasteiger partial charge in [-0.25, -0.2) is 4.79 Å². The zero-order valence-corrected chi connectivity index (χ0v) is 5.59. The minimum atomic E-state index is 0. The van der Waals surface area contributed by atoms with Crippen molar-refractivity contribution in [2.75, 3.05) is 0 Å². The molecule has 0 saturated heterocycles. The summed E-state index contributed by atoms with van der Waals surface area (Å²) in [6.07, 6.45) is 7.04. The zero-order chi connectivity index (χ0) is 5.11. The molecule has 0 amide bonds. The quantitative estimate of drug-likeness (QED) is 0.417. The molecule has 0 aromatic carbocycles. The van der Waals surface area contributed by atoms with E-state index in [0.717, 1.165) is 0 Å². The van der Waals surface area contributed by atoms with E-state index in [1.807, 2.05) is 0 Å². The SMILES string of the molecule is O=C=C1C=CC=C1.[Pd]. The summed E-state index contributed by atoms with van der Waals surface area (Å²) in [5, 5.41) is 0. The molecule has 8 heavy (non-hydrogen) atoms. The van der Waals surface area contributed by atoms with E-state index < -0.39 is 0 Å². The Morgan fingerprint density at radius 3 is 2.00 bits per heavy atom. The van der Waals surface area contributed by atoms with Crippen molar-refractivity contribution < 1.29 is 25.2 Å². The van der Waals surface area contributed by atoms with E-state index in [4.69, 9.17) is 0 Å². The molecule has 1 aliphatic carbocycles. The predicted octanol–water partition coefficient (Wildman–Crippen LogP) is 0.868. The number of rotatable bonds is 0. The van der Waals surface area contributed by atoms with Gasteiger partial charge in [-0.15, -0.1) is 0 Å². The Bertz CT molecular complexity index is 159. The van der Waals surface area contributed by atoms with Crippen molar-refractivity contribution in [2.24, 2.45) is 0 Å². The van der Waals surface area contributed by atoms with E-state index in [1.54, 1.807) is 30.2 Å². The molecule has 0 bridgehead atoms. The minimum Gasteiger partial charge on any atom is -0.233 e. The van der Waals surface area contributed by atoms with Crippen LogP contribution in [0.3, 0.4) is 0 Å². The van der Waals surface area contributed by atoms with E-state index in [2.05, 4.69) is 0 Å². The Balaban J connectivity index is 0.000000490. The van der Waals surface area contributed by atoms with Gasteiger partial charge in [0.2, 0.25) is 0 Å². The number of allylic oxidation sites excluding steroid dienone is 5. The molecule has 0 unspecified atom stereocenters. The number of hydrogen-bond acceptors (Lipinski definition) is 1. The maximum absolute atomic E-state index is 9.74. The molecular formula is C6H4OPd. The van der Waals surface area contributed by atoms with Crippen molar-refractivity contribution in [1.82, 2.24) is 0 Å². The zero-order valence-electron chi connectivity index (χ0n) is 4.03. The molecule has 1 rings (SSSR count). The summed E-state index contributed by atoms with van der Waals surface area (Å²) in [5.74, 6) is 1.76. The van der Waals surface area contributed by atoms with E-state index in [9.17, 15) is 4.79 Å². The van der Waals surface area contributed by atoms with Gasteiger partial charge in [0.15, 0.2) is 0 Å². The van der Waals surface area contributed by atoms with Gasteiger partial charge >= 0.3 is 0 Å². The fourth-order valence-electron chi connectivity index (χ4n) is 0.442. The van der Waals surface area contributed by atoms with Gasteiger partial charge in [-0.1, -0.05) is 12.2 Å². The van der Waals surface area contributed by atoms with Crippen LogP contribution in [0.2, 0.25) is 0 Å². The van der Waals surface area contributed by atoms with Gasteiger partial charge in [-0.05, 0) is 12.2 Å². The minimum absolute atomic E-state index is 0. The third-order valence-corrected chi connectivity index (χ3v) is 0.781. The van der Waals surface area contributed by atoms with E-state index in [0.29, 0.717) is 5.57 Å². The first kappa shape index (κ1) is 7.59. The monoisotopic (exact) mass is 198 g/mol. The van der Waals surface area contributed by atoms with E-state index in [-0.39, 0.29) is 20.4 Å². The van der Waals surface area contributed by atoms with Crippen molar-refractivity contribution in [3.05, 3.63) is 29.9 Å². The largest absolute Gasteiger partial charge is 0.233 e. The number of hydrogen-bond donors (Lipinski definition) is 0. The predicted molar refractivity (Wildman–Crippen MR) is 27.5 cm³/mol. The van der Waals surface area contributed by atoms with Crippen molar-refractivity contribution in [2.45, 2.75) is 0 Å². The first-order chi connectivity index (χ1) is 3.43. The topological polar surface area (TPSA) is 17.1 Å². The van der Waals surface area contributed by atoms with Crippen LogP contribution in [0.25, 0.3) is 0 Å². The summed E-state index contributed by atoms with van der Waals surface area (Å²) in [4.78, 5) is 9.74. The van der Waals surface area contributed by atoms with E-state index in [1.165, 1.54) is 0 Å². The molecule has 0 aliphatic heterocycles. The standard InChI is InChI=1S/C6H4O.Pd/c7-5-6-3-1-2-4-6;/h1-4H;. The Labute approximate surface area is 61.4 Å². The Morgan fingerprint density at radius 2 is 1.75 bits per heavy atom. The second-order valence-corrected chi connectivity index (χ2v) is 1.28. The molecule has 0 radical (unpaired) electrons. The van der Waals surface area contributed by atoms with Crippen molar-refractivity contribution in [3.8, 4) is 0 Å². The average Bonchev–Trinajstić information content (AvgIpc) is 2.14.